The highest BCUT2D eigenvalue weighted by molar-refractivity contribution is 6.31. The third-order valence-corrected chi connectivity index (χ3v) is 5.57. The fraction of sp³-hybridized carbons (Fsp3) is 0.550. The van der Waals surface area contributed by atoms with Gasteiger partial charge in [-0.15, -0.1) is 0 Å². The molecule has 1 saturated heterocycles. The van der Waals surface area contributed by atoms with Gasteiger partial charge in [0.2, 0.25) is 5.91 Å². The van der Waals surface area contributed by atoms with Gasteiger partial charge in [0.05, 0.1) is 18.7 Å². The number of halogens is 1. The van der Waals surface area contributed by atoms with E-state index in [0.29, 0.717) is 23.0 Å². The minimum atomic E-state index is -1.01. The highest BCUT2D eigenvalue weighted by atomic mass is 35.5. The average molecular weight is 409 g/mol. The van der Waals surface area contributed by atoms with E-state index in [4.69, 9.17) is 21.1 Å². The Morgan fingerprint density at radius 2 is 2.00 bits per heavy atom. The number of benzene rings is 1. The van der Waals surface area contributed by atoms with E-state index in [0.717, 1.165) is 25.7 Å². The van der Waals surface area contributed by atoms with Gasteiger partial charge in [-0.2, -0.15) is 0 Å². The molecule has 1 aliphatic heterocycles. The summed E-state index contributed by atoms with van der Waals surface area (Å²) < 4.78 is 10.5. The van der Waals surface area contributed by atoms with Crippen LogP contribution in [-0.4, -0.2) is 48.5 Å². The SMILES string of the molecule is COc1ccc(Cl)cc1NC(=O)[C@@H](C)OC(=O)[C@@H]1CC(=O)N(C2CCCC2)C1. The molecule has 1 aromatic rings. The predicted molar refractivity (Wildman–Crippen MR) is 104 cm³/mol. The van der Waals surface area contributed by atoms with Crippen molar-refractivity contribution < 1.29 is 23.9 Å². The largest absolute Gasteiger partial charge is 0.495 e. The van der Waals surface area contributed by atoms with Crippen LogP contribution in [0.2, 0.25) is 5.02 Å². The van der Waals surface area contributed by atoms with Gasteiger partial charge in [-0.3, -0.25) is 14.4 Å². The minimum Gasteiger partial charge on any atom is -0.495 e. The Kier molecular flexibility index (Phi) is 6.44. The first-order chi connectivity index (χ1) is 13.4. The van der Waals surface area contributed by atoms with E-state index < -0.39 is 23.9 Å². The molecule has 152 valence electrons. The maximum absolute atomic E-state index is 12.5. The second-order valence-electron chi connectivity index (χ2n) is 7.30. The lowest BCUT2D eigenvalue weighted by atomic mass is 10.1. The van der Waals surface area contributed by atoms with E-state index in [9.17, 15) is 14.4 Å². The number of rotatable bonds is 6. The molecule has 28 heavy (non-hydrogen) atoms. The van der Waals surface area contributed by atoms with E-state index in [1.165, 1.54) is 14.0 Å². The van der Waals surface area contributed by atoms with E-state index in [1.807, 2.05) is 0 Å². The van der Waals surface area contributed by atoms with Crippen molar-refractivity contribution in [2.24, 2.45) is 5.92 Å². The third-order valence-electron chi connectivity index (χ3n) is 5.34. The van der Waals surface area contributed by atoms with Crippen LogP contribution in [0.5, 0.6) is 5.75 Å². The lowest BCUT2D eigenvalue weighted by molar-refractivity contribution is -0.157. The molecule has 0 radical (unpaired) electrons. The summed E-state index contributed by atoms with van der Waals surface area (Å²) in [6, 6.07) is 5.08. The summed E-state index contributed by atoms with van der Waals surface area (Å²) in [5, 5.41) is 3.10. The van der Waals surface area contributed by atoms with E-state index >= 15 is 0 Å². The first-order valence-corrected chi connectivity index (χ1v) is 9.91. The second-order valence-corrected chi connectivity index (χ2v) is 7.73. The molecular weight excluding hydrogens is 384 g/mol. The highest BCUT2D eigenvalue weighted by Gasteiger charge is 2.40. The molecule has 3 rings (SSSR count). The van der Waals surface area contributed by atoms with Crippen molar-refractivity contribution in [2.75, 3.05) is 19.0 Å². The van der Waals surface area contributed by atoms with Crippen molar-refractivity contribution in [1.82, 2.24) is 4.90 Å². The minimum absolute atomic E-state index is 0.00498. The molecule has 2 aliphatic rings. The molecule has 0 bridgehead atoms. The van der Waals surface area contributed by atoms with Gasteiger partial charge in [0, 0.05) is 24.0 Å². The summed E-state index contributed by atoms with van der Waals surface area (Å²) in [6.07, 6.45) is 3.36. The van der Waals surface area contributed by atoms with Gasteiger partial charge in [0.15, 0.2) is 6.10 Å². The Morgan fingerprint density at radius 3 is 2.68 bits per heavy atom. The van der Waals surface area contributed by atoms with Gasteiger partial charge in [-0.1, -0.05) is 24.4 Å². The van der Waals surface area contributed by atoms with Gasteiger partial charge in [-0.25, -0.2) is 0 Å². The van der Waals surface area contributed by atoms with Crippen molar-refractivity contribution in [1.29, 1.82) is 0 Å². The second kappa shape index (κ2) is 8.82. The zero-order chi connectivity index (χ0) is 20.3. The van der Waals surface area contributed by atoms with Gasteiger partial charge >= 0.3 is 5.97 Å². The fourth-order valence-electron chi connectivity index (χ4n) is 3.79. The summed E-state index contributed by atoms with van der Waals surface area (Å²) in [5.74, 6) is -1.09. The molecule has 0 unspecified atom stereocenters. The summed E-state index contributed by atoms with van der Waals surface area (Å²) >= 11 is 5.96. The van der Waals surface area contributed by atoms with Gasteiger partial charge < -0.3 is 19.7 Å². The summed E-state index contributed by atoms with van der Waals surface area (Å²) in [6.45, 7) is 1.87. The first kappa shape index (κ1) is 20.5. The number of nitrogens with zero attached hydrogens (tertiary/aromatic N) is 1. The topological polar surface area (TPSA) is 84.9 Å². The highest BCUT2D eigenvalue weighted by Crippen LogP contribution is 2.30. The summed E-state index contributed by atoms with van der Waals surface area (Å²) in [5.41, 5.74) is 0.395. The number of esters is 1. The molecule has 2 amide bonds. The molecule has 0 spiro atoms. The zero-order valence-corrected chi connectivity index (χ0v) is 16.8. The van der Waals surface area contributed by atoms with E-state index in [2.05, 4.69) is 5.32 Å². The number of hydrogen-bond donors (Lipinski definition) is 1. The molecule has 1 aliphatic carbocycles. The Bertz CT molecular complexity index is 763. The molecule has 8 heteroatoms. The van der Waals surface area contributed by atoms with Crippen molar-refractivity contribution in [3.63, 3.8) is 0 Å². The number of anilines is 1. The van der Waals surface area contributed by atoms with Gasteiger partial charge in [0.1, 0.15) is 5.75 Å². The molecule has 1 heterocycles. The number of methoxy groups -OCH3 is 1. The lowest BCUT2D eigenvalue weighted by Gasteiger charge is -2.24. The monoisotopic (exact) mass is 408 g/mol. The number of nitrogens with one attached hydrogen (secondary N) is 1. The van der Waals surface area contributed by atoms with Crippen LogP contribution < -0.4 is 10.1 Å². The molecule has 1 aromatic carbocycles. The molecule has 2 fully saturated rings. The fourth-order valence-corrected chi connectivity index (χ4v) is 3.97. The third kappa shape index (κ3) is 4.58. The maximum atomic E-state index is 12.5. The molecule has 0 aromatic heterocycles. The van der Waals surface area contributed by atoms with Crippen LogP contribution >= 0.6 is 11.6 Å². The van der Waals surface area contributed by atoms with Crippen LogP contribution in [0.4, 0.5) is 5.69 Å². The van der Waals surface area contributed by atoms with Crippen molar-refractivity contribution >= 4 is 35.1 Å². The first-order valence-electron chi connectivity index (χ1n) is 9.53. The van der Waals surface area contributed by atoms with Crippen molar-refractivity contribution in [3.05, 3.63) is 23.2 Å². The number of carbonyl (C=O) groups excluding carboxylic acids is 3. The van der Waals surface area contributed by atoms with Crippen LogP contribution in [0.15, 0.2) is 18.2 Å². The summed E-state index contributed by atoms with van der Waals surface area (Å²) in [4.78, 5) is 38.9. The number of likely N-dealkylation sites (tertiary alicyclic amines) is 1. The Morgan fingerprint density at radius 1 is 1.29 bits per heavy atom. The maximum Gasteiger partial charge on any atom is 0.312 e. The molecular formula is C20H25ClN2O5. The lowest BCUT2D eigenvalue weighted by Crippen LogP contribution is -2.36. The normalized spacial score (nSPS) is 20.9. The Balaban J connectivity index is 1.56. The van der Waals surface area contributed by atoms with Crippen molar-refractivity contribution in [3.8, 4) is 5.75 Å². The van der Waals surface area contributed by atoms with Crippen LogP contribution in [0, 0.1) is 5.92 Å². The van der Waals surface area contributed by atoms with Crippen LogP contribution in [0.3, 0.4) is 0 Å². The van der Waals surface area contributed by atoms with E-state index in [-0.39, 0.29) is 18.4 Å². The van der Waals surface area contributed by atoms with Crippen molar-refractivity contribution in [2.45, 2.75) is 51.2 Å². The van der Waals surface area contributed by atoms with Gasteiger partial charge in [0.25, 0.3) is 5.91 Å². The molecule has 1 N–H and O–H groups in total. The quantitative estimate of drug-likeness (QED) is 0.731. The Labute approximate surface area is 169 Å². The smallest absolute Gasteiger partial charge is 0.312 e. The Hall–Kier alpha value is -2.28. The molecule has 7 nitrogen and oxygen atoms in total. The number of carbonyl (C=O) groups is 3. The standard InChI is InChI=1S/C20H25ClN2O5/c1-12(19(25)22-16-10-14(21)7-8-17(16)27-2)28-20(26)13-9-18(24)23(11-13)15-5-3-4-6-15/h7-8,10,12-13,15H,3-6,9,11H2,1-2H3,(H,22,25)/t12-,13-/m1/s1. The molecule has 2 atom stereocenters. The van der Waals surface area contributed by atoms with Crippen LogP contribution in [-0.2, 0) is 19.1 Å². The predicted octanol–water partition coefficient (Wildman–Crippen LogP) is 3.01. The molecule has 1 saturated carbocycles. The zero-order valence-electron chi connectivity index (χ0n) is 16.1. The summed E-state index contributed by atoms with van der Waals surface area (Å²) in [7, 11) is 1.48. The number of ether oxygens (including phenoxy) is 2. The van der Waals surface area contributed by atoms with Crippen LogP contribution in [0.1, 0.15) is 39.0 Å². The van der Waals surface area contributed by atoms with E-state index in [1.54, 1.807) is 23.1 Å². The van der Waals surface area contributed by atoms with Gasteiger partial charge in [-0.05, 0) is 38.0 Å². The number of hydrogen-bond acceptors (Lipinski definition) is 5. The number of amides is 2. The average Bonchev–Trinajstić information content (AvgIpc) is 3.31. The van der Waals surface area contributed by atoms with Crippen LogP contribution in [0.25, 0.3) is 0 Å².